The zero-order chi connectivity index (χ0) is 5.11. The van der Waals surface area contributed by atoms with Crippen molar-refractivity contribution in [3.8, 4) is 0 Å². The lowest BCUT2D eigenvalue weighted by Gasteiger charge is -1.99. The van der Waals surface area contributed by atoms with Gasteiger partial charge in [-0.3, -0.25) is 0 Å². The molecule has 1 aliphatic heterocycles. The number of halogens is 2. The minimum Gasteiger partial charge on any atom is -0.311 e. The molecule has 0 aromatic carbocycles. The summed E-state index contributed by atoms with van der Waals surface area (Å²) in [5, 5.41) is 3.03. The molecule has 1 heterocycles. The van der Waals surface area contributed by atoms with Crippen molar-refractivity contribution in [2.45, 2.75) is 18.9 Å². The lowest BCUT2D eigenvalue weighted by molar-refractivity contribution is 0.406. The Balaban J connectivity index is 0.000000490. The highest BCUT2D eigenvalue weighted by Crippen LogP contribution is 2.03. The summed E-state index contributed by atoms with van der Waals surface area (Å²) in [6, 6.07) is 0.181. The van der Waals surface area contributed by atoms with Gasteiger partial charge in [0.15, 0.2) is 0 Å². The molecule has 1 atom stereocenters. The Kier molecular flexibility index (Phi) is 4.19. The largest absolute Gasteiger partial charge is 0.311 e. The van der Waals surface area contributed by atoms with Gasteiger partial charge in [0.25, 0.3) is 0 Å². The van der Waals surface area contributed by atoms with Crippen LogP contribution >= 0.6 is 12.4 Å². The van der Waals surface area contributed by atoms with Gasteiger partial charge >= 0.3 is 0 Å². The van der Waals surface area contributed by atoms with Crippen LogP contribution < -0.4 is 5.32 Å². The fourth-order valence-electron chi connectivity index (χ4n) is 0.888. The van der Waals surface area contributed by atoms with E-state index in [2.05, 4.69) is 5.32 Å². The molecule has 1 unspecified atom stereocenters. The molecule has 1 saturated heterocycles. The minimum absolute atomic E-state index is 0. The first kappa shape index (κ1) is 8.18. The molecule has 3 heteroatoms. The number of rotatable bonds is 1. The molecule has 8 heavy (non-hydrogen) atoms. The molecule has 1 fully saturated rings. The Morgan fingerprint density at radius 1 is 1.62 bits per heavy atom. The van der Waals surface area contributed by atoms with E-state index in [1.807, 2.05) is 0 Å². The summed E-state index contributed by atoms with van der Waals surface area (Å²) < 4.78 is 11.6. The highest BCUT2D eigenvalue weighted by Gasteiger charge is 2.11. The quantitative estimate of drug-likeness (QED) is 0.575. The summed E-state index contributed by atoms with van der Waals surface area (Å²) in [6.45, 7) is 0.814. The molecule has 1 aliphatic rings. The fourth-order valence-corrected chi connectivity index (χ4v) is 0.888. The maximum Gasteiger partial charge on any atom is 0.105 e. The van der Waals surface area contributed by atoms with Crippen molar-refractivity contribution in [3.05, 3.63) is 0 Å². The fraction of sp³-hybridized carbons (Fsp3) is 1.00. The average molecular weight is 140 g/mol. The number of hydrogen-bond donors (Lipinski definition) is 1. The molecule has 0 aromatic heterocycles. The van der Waals surface area contributed by atoms with Gasteiger partial charge < -0.3 is 5.32 Å². The SMILES string of the molecule is Cl.FCC1CCCN1. The highest BCUT2D eigenvalue weighted by atomic mass is 35.5. The van der Waals surface area contributed by atoms with E-state index in [9.17, 15) is 4.39 Å². The summed E-state index contributed by atoms with van der Waals surface area (Å²) in [7, 11) is 0. The Labute approximate surface area is 55.1 Å². The Bertz CT molecular complexity index is 54.4. The molecule has 1 rings (SSSR count). The molecule has 0 saturated carbocycles. The number of alkyl halides is 1. The molecule has 0 amide bonds. The maximum atomic E-state index is 11.6. The van der Waals surface area contributed by atoms with Gasteiger partial charge in [-0.25, -0.2) is 4.39 Å². The molecular formula is C5H11ClFN. The summed E-state index contributed by atoms with van der Waals surface area (Å²) in [6.07, 6.45) is 2.17. The van der Waals surface area contributed by atoms with Crippen molar-refractivity contribution in [3.63, 3.8) is 0 Å². The van der Waals surface area contributed by atoms with Gasteiger partial charge in [0.1, 0.15) is 6.67 Å². The molecule has 0 aliphatic carbocycles. The molecule has 1 N–H and O–H groups in total. The first-order valence-corrected chi connectivity index (χ1v) is 2.73. The van der Waals surface area contributed by atoms with Crippen LogP contribution in [0.2, 0.25) is 0 Å². The first-order valence-electron chi connectivity index (χ1n) is 2.73. The van der Waals surface area contributed by atoms with Crippen molar-refractivity contribution >= 4 is 12.4 Å². The van der Waals surface area contributed by atoms with E-state index in [1.54, 1.807) is 0 Å². The van der Waals surface area contributed by atoms with E-state index in [4.69, 9.17) is 0 Å². The van der Waals surface area contributed by atoms with Crippen LogP contribution in [0.4, 0.5) is 4.39 Å². The monoisotopic (exact) mass is 139 g/mol. The van der Waals surface area contributed by atoms with Crippen molar-refractivity contribution in [2.24, 2.45) is 0 Å². The van der Waals surface area contributed by atoms with Crippen LogP contribution in [-0.2, 0) is 0 Å². The second-order valence-corrected chi connectivity index (χ2v) is 1.95. The van der Waals surface area contributed by atoms with Gasteiger partial charge in [0.05, 0.1) is 0 Å². The molecule has 1 nitrogen and oxygen atoms in total. The smallest absolute Gasteiger partial charge is 0.105 e. The van der Waals surface area contributed by atoms with Gasteiger partial charge in [-0.2, -0.15) is 0 Å². The van der Waals surface area contributed by atoms with Crippen molar-refractivity contribution in [1.29, 1.82) is 0 Å². The molecule has 0 bridgehead atoms. The van der Waals surface area contributed by atoms with Gasteiger partial charge in [-0.15, -0.1) is 12.4 Å². The molecule has 0 spiro atoms. The van der Waals surface area contributed by atoms with Crippen LogP contribution in [0.25, 0.3) is 0 Å². The van der Waals surface area contributed by atoms with Gasteiger partial charge in [-0.1, -0.05) is 0 Å². The number of hydrogen-bond acceptors (Lipinski definition) is 1. The predicted molar refractivity (Wildman–Crippen MR) is 34.2 cm³/mol. The minimum atomic E-state index is -0.194. The van der Waals surface area contributed by atoms with Crippen molar-refractivity contribution in [1.82, 2.24) is 5.32 Å². The lowest BCUT2D eigenvalue weighted by atomic mass is 10.2. The molecule has 0 radical (unpaired) electrons. The lowest BCUT2D eigenvalue weighted by Crippen LogP contribution is -2.22. The van der Waals surface area contributed by atoms with E-state index in [0.717, 1.165) is 19.4 Å². The maximum absolute atomic E-state index is 11.6. The van der Waals surface area contributed by atoms with Gasteiger partial charge in [0.2, 0.25) is 0 Å². The zero-order valence-electron chi connectivity index (χ0n) is 4.69. The molecule has 0 aromatic rings. The summed E-state index contributed by atoms with van der Waals surface area (Å²) in [5.41, 5.74) is 0. The third-order valence-corrected chi connectivity index (χ3v) is 1.35. The van der Waals surface area contributed by atoms with Gasteiger partial charge in [-0.05, 0) is 19.4 Å². The molecular weight excluding hydrogens is 129 g/mol. The van der Waals surface area contributed by atoms with Crippen molar-refractivity contribution < 1.29 is 4.39 Å². The third kappa shape index (κ3) is 1.97. The van der Waals surface area contributed by atoms with Crippen LogP contribution in [0.3, 0.4) is 0 Å². The van der Waals surface area contributed by atoms with E-state index in [-0.39, 0.29) is 25.1 Å². The number of nitrogens with one attached hydrogen (secondary N) is 1. The van der Waals surface area contributed by atoms with E-state index < -0.39 is 0 Å². The van der Waals surface area contributed by atoms with E-state index >= 15 is 0 Å². The van der Waals surface area contributed by atoms with Crippen LogP contribution in [0.15, 0.2) is 0 Å². The second-order valence-electron chi connectivity index (χ2n) is 1.95. The highest BCUT2D eigenvalue weighted by molar-refractivity contribution is 5.85. The van der Waals surface area contributed by atoms with Crippen LogP contribution in [-0.4, -0.2) is 19.3 Å². The van der Waals surface area contributed by atoms with Crippen molar-refractivity contribution in [2.75, 3.05) is 13.2 Å². The van der Waals surface area contributed by atoms with Gasteiger partial charge in [0, 0.05) is 6.04 Å². The standard InChI is InChI=1S/C5H10FN.ClH/c6-4-5-2-1-3-7-5;/h5,7H,1-4H2;1H. The first-order chi connectivity index (χ1) is 3.43. The van der Waals surface area contributed by atoms with Crippen LogP contribution in [0, 0.1) is 0 Å². The normalized spacial score (nSPS) is 27.4. The summed E-state index contributed by atoms with van der Waals surface area (Å²) in [5.74, 6) is 0. The predicted octanol–water partition coefficient (Wildman–Crippen LogP) is 1.13. The second kappa shape index (κ2) is 4.10. The Morgan fingerprint density at radius 3 is 2.62 bits per heavy atom. The van der Waals surface area contributed by atoms with E-state index in [1.165, 1.54) is 0 Å². The Morgan fingerprint density at radius 2 is 2.38 bits per heavy atom. The average Bonchev–Trinajstić information content (AvgIpc) is 2.14. The summed E-state index contributed by atoms with van der Waals surface area (Å²) in [4.78, 5) is 0. The summed E-state index contributed by atoms with van der Waals surface area (Å²) >= 11 is 0. The van der Waals surface area contributed by atoms with Crippen LogP contribution in [0.5, 0.6) is 0 Å². The van der Waals surface area contributed by atoms with Crippen LogP contribution in [0.1, 0.15) is 12.8 Å². The molecule has 50 valence electrons. The Hall–Kier alpha value is 0.180. The van der Waals surface area contributed by atoms with E-state index in [0.29, 0.717) is 0 Å². The topological polar surface area (TPSA) is 12.0 Å². The third-order valence-electron chi connectivity index (χ3n) is 1.35. The zero-order valence-corrected chi connectivity index (χ0v) is 5.51.